The molecule has 0 N–H and O–H groups in total. The largest absolute Gasteiger partial charge is 0.371 e. The predicted octanol–water partition coefficient (Wildman–Crippen LogP) is 3.92. The number of halogens is 1. The van der Waals surface area contributed by atoms with Crippen molar-refractivity contribution in [3.8, 4) is 0 Å². The number of ketones is 1. The first-order valence-electron chi connectivity index (χ1n) is 12.0. The molecule has 0 saturated carbocycles. The number of carbonyl (C=O) groups is 1. The van der Waals surface area contributed by atoms with Gasteiger partial charge in [-0.25, -0.2) is 4.39 Å². The molecule has 0 bridgehead atoms. The Morgan fingerprint density at radius 2 is 2.03 bits per heavy atom. The Morgan fingerprint density at radius 1 is 1.17 bits per heavy atom. The average Bonchev–Trinajstić information content (AvgIpc) is 3.09. The van der Waals surface area contributed by atoms with Gasteiger partial charge in [-0.3, -0.25) is 4.79 Å². The number of para-hydroxylation sites is 1. The summed E-state index contributed by atoms with van der Waals surface area (Å²) < 4.78 is 36.8. The molecule has 152 valence electrons. The van der Waals surface area contributed by atoms with Gasteiger partial charge in [-0.15, -0.1) is 0 Å². The summed E-state index contributed by atoms with van der Waals surface area (Å²) in [4.78, 5) is 18.8. The Morgan fingerprint density at radius 3 is 2.86 bits per heavy atom. The van der Waals surface area contributed by atoms with Gasteiger partial charge < -0.3 is 14.7 Å². The van der Waals surface area contributed by atoms with Crippen LogP contribution in [-0.2, 0) is 0 Å². The van der Waals surface area contributed by atoms with E-state index < -0.39 is 6.98 Å². The minimum absolute atomic E-state index is 0.0533. The van der Waals surface area contributed by atoms with E-state index in [1.54, 1.807) is 17.0 Å². The third-order valence-corrected chi connectivity index (χ3v) is 6.69. The van der Waals surface area contributed by atoms with Crippen LogP contribution in [0.2, 0.25) is 0 Å². The number of benzene rings is 2. The Kier molecular flexibility index (Phi) is 3.97. The van der Waals surface area contributed by atoms with Crippen LogP contribution in [0.1, 0.15) is 45.2 Å². The summed E-state index contributed by atoms with van der Waals surface area (Å²) in [5.74, 6) is 0.0880. The second kappa shape index (κ2) is 7.45. The third kappa shape index (κ3) is 3.31. The first-order valence-corrected chi connectivity index (χ1v) is 10.5. The molecule has 1 fully saturated rings. The van der Waals surface area contributed by atoms with Crippen molar-refractivity contribution in [3.05, 3.63) is 59.4 Å². The zero-order valence-electron chi connectivity index (χ0n) is 19.5. The van der Waals surface area contributed by atoms with E-state index in [-0.39, 0.29) is 11.6 Å². The van der Waals surface area contributed by atoms with Crippen molar-refractivity contribution < 1.29 is 13.3 Å². The predicted molar refractivity (Wildman–Crippen MR) is 115 cm³/mol. The van der Waals surface area contributed by atoms with Gasteiger partial charge in [0, 0.05) is 61.2 Å². The van der Waals surface area contributed by atoms with Crippen molar-refractivity contribution in [1.82, 2.24) is 4.90 Å². The standard InChI is InChI=1S/C24H28FN3O/c1-26-14-15-28-21-11-13-27(16-20(21)19-4-2-5-22(26)24(19)28)12-3-6-23(29)17-7-9-18(25)10-8-17/h2,4-5,7-10,20-21H,3,6,11-16H2,1H3/t20-,21-/m0/s1/i1+1D3. The summed E-state index contributed by atoms with van der Waals surface area (Å²) in [6, 6.07) is 12.3. The molecule has 0 aromatic heterocycles. The number of anilines is 2. The number of fused-ring (bicyclic) bond motifs is 3. The summed E-state index contributed by atoms with van der Waals surface area (Å²) in [6.07, 6.45) is 2.27. The average molecular weight is 398 g/mol. The summed E-state index contributed by atoms with van der Waals surface area (Å²) in [6.45, 7) is 1.90. The molecule has 2 aromatic carbocycles. The van der Waals surface area contributed by atoms with Gasteiger partial charge in [0.25, 0.3) is 0 Å². The van der Waals surface area contributed by atoms with Crippen LogP contribution in [-0.4, -0.2) is 56.4 Å². The van der Waals surface area contributed by atoms with E-state index in [0.29, 0.717) is 30.5 Å². The van der Waals surface area contributed by atoms with Crippen molar-refractivity contribution in [2.45, 2.75) is 31.2 Å². The molecule has 0 aliphatic carbocycles. The summed E-state index contributed by atoms with van der Waals surface area (Å²) >= 11 is 0. The van der Waals surface area contributed by atoms with E-state index in [0.717, 1.165) is 50.4 Å². The first-order chi connectivity index (χ1) is 15.3. The highest BCUT2D eigenvalue weighted by Crippen LogP contribution is 2.50. The summed E-state index contributed by atoms with van der Waals surface area (Å²) in [5, 5.41) is 0. The van der Waals surface area contributed by atoms with E-state index in [1.807, 2.05) is 12.1 Å². The van der Waals surface area contributed by atoms with Gasteiger partial charge in [-0.1, -0.05) is 12.1 Å². The Hall–Kier alpha value is -2.40. The molecular weight excluding hydrogens is 366 g/mol. The number of likely N-dealkylation sites (N-methyl/N-ethyl adjacent to an activating group) is 1. The normalized spacial score (nSPS) is 25.1. The minimum Gasteiger partial charge on any atom is -0.371 e. The highest BCUT2D eigenvalue weighted by atomic mass is 19.1. The van der Waals surface area contributed by atoms with Crippen molar-refractivity contribution in [1.29, 1.82) is 0 Å². The molecule has 3 aliphatic heterocycles. The van der Waals surface area contributed by atoms with Crippen LogP contribution >= 0.6 is 0 Å². The van der Waals surface area contributed by atoms with E-state index in [4.69, 9.17) is 4.11 Å². The lowest BCUT2D eigenvalue weighted by atomic mass is 9.89. The maximum absolute atomic E-state index is 13.1. The van der Waals surface area contributed by atoms with Crippen LogP contribution in [0.15, 0.2) is 42.5 Å². The van der Waals surface area contributed by atoms with E-state index in [9.17, 15) is 9.18 Å². The number of nitrogens with zero attached hydrogens (tertiary/aromatic N) is 3. The molecule has 2 atom stereocenters. The molecule has 0 spiro atoms. The molecule has 5 rings (SSSR count). The molecule has 3 aliphatic rings. The van der Waals surface area contributed by atoms with Crippen LogP contribution in [0.25, 0.3) is 0 Å². The van der Waals surface area contributed by atoms with E-state index >= 15 is 0 Å². The van der Waals surface area contributed by atoms with E-state index in [1.165, 1.54) is 17.7 Å². The van der Waals surface area contributed by atoms with Gasteiger partial charge in [0.1, 0.15) is 5.82 Å². The molecule has 3 heterocycles. The molecule has 0 amide bonds. The van der Waals surface area contributed by atoms with E-state index in [2.05, 4.69) is 15.9 Å². The van der Waals surface area contributed by atoms with Crippen molar-refractivity contribution in [2.75, 3.05) is 49.5 Å². The van der Waals surface area contributed by atoms with Crippen LogP contribution < -0.4 is 9.80 Å². The topological polar surface area (TPSA) is 26.8 Å². The molecule has 4 nitrogen and oxygen atoms in total. The minimum atomic E-state index is -2.13. The van der Waals surface area contributed by atoms with Gasteiger partial charge in [-0.05, 0) is 55.3 Å². The van der Waals surface area contributed by atoms with Gasteiger partial charge >= 0.3 is 0 Å². The zero-order chi connectivity index (χ0) is 22.5. The third-order valence-electron chi connectivity index (χ3n) is 6.69. The highest BCUT2D eigenvalue weighted by molar-refractivity contribution is 5.95. The molecule has 29 heavy (non-hydrogen) atoms. The van der Waals surface area contributed by atoms with Gasteiger partial charge in [0.2, 0.25) is 0 Å². The number of Topliss-reactive ketones (excluding diaryl/α,β-unsaturated/α-hetero) is 1. The Labute approximate surface area is 176 Å². The Bertz CT molecular complexity index is 1010. The zero-order valence-corrected chi connectivity index (χ0v) is 16.5. The van der Waals surface area contributed by atoms with Gasteiger partial charge in [0.15, 0.2) is 5.78 Å². The lowest BCUT2D eigenvalue weighted by Gasteiger charge is -2.41. The summed E-state index contributed by atoms with van der Waals surface area (Å²) in [7, 11) is 0. The summed E-state index contributed by atoms with van der Waals surface area (Å²) in [5.41, 5.74) is 3.77. The van der Waals surface area contributed by atoms with Gasteiger partial charge in [0.05, 0.1) is 11.4 Å². The first kappa shape index (κ1) is 15.4. The maximum Gasteiger partial charge on any atom is 0.162 e. The number of rotatable bonds is 5. The second-order valence-corrected chi connectivity index (χ2v) is 8.36. The SMILES string of the molecule is [2H][13C]([2H])([2H])N1CCN2c3c(cccc31)[C@@H]1CN(CCCC(=O)c3ccc(F)cc3)CC[C@@H]12. The molecule has 0 unspecified atom stereocenters. The van der Waals surface area contributed by atoms with Crippen LogP contribution in [0.4, 0.5) is 15.8 Å². The molecule has 1 saturated heterocycles. The maximum atomic E-state index is 13.1. The monoisotopic (exact) mass is 397 g/mol. The van der Waals surface area contributed by atoms with Crippen molar-refractivity contribution in [2.24, 2.45) is 0 Å². The number of hydrogen-bond donors (Lipinski definition) is 0. The van der Waals surface area contributed by atoms with Crippen molar-refractivity contribution >= 4 is 17.2 Å². The fraction of sp³-hybridized carbons (Fsp3) is 0.458. The fourth-order valence-electron chi connectivity index (χ4n) is 5.28. The molecular formula is C24H28FN3O. The molecule has 0 radical (unpaired) electrons. The van der Waals surface area contributed by atoms with Crippen LogP contribution in [0.3, 0.4) is 0 Å². The highest BCUT2D eigenvalue weighted by Gasteiger charge is 2.44. The quantitative estimate of drug-likeness (QED) is 0.565. The number of hydrogen-bond acceptors (Lipinski definition) is 4. The van der Waals surface area contributed by atoms with Gasteiger partial charge in [-0.2, -0.15) is 0 Å². The fourth-order valence-corrected chi connectivity index (χ4v) is 5.28. The number of carbonyl (C=O) groups excluding carboxylic acids is 1. The lowest BCUT2D eigenvalue weighted by molar-refractivity contribution is 0.0971. The second-order valence-electron chi connectivity index (χ2n) is 8.36. The van der Waals surface area contributed by atoms with Crippen LogP contribution in [0.5, 0.6) is 0 Å². The van der Waals surface area contributed by atoms with Crippen LogP contribution in [0, 0.1) is 5.82 Å². The smallest absolute Gasteiger partial charge is 0.162 e. The molecule has 2 aromatic rings. The lowest BCUT2D eigenvalue weighted by Crippen LogP contribution is -2.49. The number of piperidine rings is 1. The number of likely N-dealkylation sites (tertiary alicyclic amines) is 1. The Balaban J connectivity index is 1.25. The van der Waals surface area contributed by atoms with Crippen molar-refractivity contribution in [3.63, 3.8) is 0 Å². The molecule has 5 heteroatoms.